The largest absolute Gasteiger partial charge is 0.457 e. The Morgan fingerprint density at radius 3 is 2.07 bits per heavy atom. The predicted molar refractivity (Wildman–Crippen MR) is 112 cm³/mol. The number of hydrogen-bond donors (Lipinski definition) is 0. The van der Waals surface area contributed by atoms with Gasteiger partial charge in [-0.15, -0.1) is 0 Å². The molecule has 30 heavy (non-hydrogen) atoms. The summed E-state index contributed by atoms with van der Waals surface area (Å²) in [4.78, 5) is 39.4. The first-order chi connectivity index (χ1) is 14.5. The van der Waals surface area contributed by atoms with Gasteiger partial charge in [-0.3, -0.25) is 14.5 Å². The summed E-state index contributed by atoms with van der Waals surface area (Å²) in [7, 11) is 0. The van der Waals surface area contributed by atoms with Crippen LogP contribution in [-0.4, -0.2) is 17.8 Å². The number of nitrogens with zero attached hydrogens (tertiary/aromatic N) is 1. The minimum Gasteiger partial charge on any atom is -0.457 e. The molecule has 5 rings (SSSR count). The van der Waals surface area contributed by atoms with E-state index in [1.807, 2.05) is 0 Å². The molecule has 2 bridgehead atoms. The van der Waals surface area contributed by atoms with Crippen LogP contribution in [0.4, 0.5) is 5.69 Å². The first-order valence-electron chi connectivity index (χ1n) is 9.72. The van der Waals surface area contributed by atoms with E-state index in [0.29, 0.717) is 26.9 Å². The van der Waals surface area contributed by atoms with E-state index in [4.69, 9.17) is 27.9 Å². The number of halogens is 2. The van der Waals surface area contributed by atoms with Gasteiger partial charge in [0.1, 0.15) is 6.61 Å². The standard InChI is InChI=1S/C23H17Cl2NO4/c24-17-2-1-3-18(25)16(17)11-30-23(29)12-6-8-15(9-7-12)26-21(27)19-13-4-5-14(10-13)20(19)22(26)28/h1-9,13-14,19-20H,10-11H2/t13-,14+,19-,20+. The molecule has 1 aliphatic heterocycles. The summed E-state index contributed by atoms with van der Waals surface area (Å²) in [5, 5.41) is 0.844. The van der Waals surface area contributed by atoms with Gasteiger partial charge >= 0.3 is 5.97 Å². The number of fused-ring (bicyclic) bond motifs is 5. The fraction of sp³-hybridized carbons (Fsp3) is 0.261. The lowest BCUT2D eigenvalue weighted by molar-refractivity contribution is -0.123. The summed E-state index contributed by atoms with van der Waals surface area (Å²) in [5.74, 6) is -1.03. The van der Waals surface area contributed by atoms with Crippen molar-refractivity contribution >= 4 is 46.7 Å². The highest BCUT2D eigenvalue weighted by molar-refractivity contribution is 6.36. The Balaban J connectivity index is 1.30. The molecule has 0 radical (unpaired) electrons. The number of imide groups is 1. The summed E-state index contributed by atoms with van der Waals surface area (Å²) in [5.41, 5.74) is 1.32. The van der Waals surface area contributed by atoms with Gasteiger partial charge in [0.05, 0.1) is 23.1 Å². The lowest BCUT2D eigenvalue weighted by Crippen LogP contribution is -2.32. The molecule has 0 N–H and O–H groups in total. The van der Waals surface area contributed by atoms with E-state index in [-0.39, 0.29) is 42.1 Å². The zero-order chi connectivity index (χ0) is 21.0. The molecule has 2 amide bonds. The zero-order valence-corrected chi connectivity index (χ0v) is 17.3. The van der Waals surface area contributed by atoms with Crippen LogP contribution in [0, 0.1) is 23.7 Å². The molecule has 1 saturated carbocycles. The normalized spacial score (nSPS) is 26.4. The van der Waals surface area contributed by atoms with Crippen molar-refractivity contribution in [2.45, 2.75) is 13.0 Å². The summed E-state index contributed by atoms with van der Waals surface area (Å²) in [6.07, 6.45) is 5.01. The molecule has 2 aromatic carbocycles. The average molecular weight is 442 g/mol. The number of carbonyl (C=O) groups excluding carboxylic acids is 3. The molecule has 152 valence electrons. The molecule has 2 fully saturated rings. The van der Waals surface area contributed by atoms with Crippen LogP contribution in [0.25, 0.3) is 0 Å². The summed E-state index contributed by atoms with van der Waals surface area (Å²) in [6, 6.07) is 11.4. The number of allylic oxidation sites excluding steroid dienone is 2. The highest BCUT2D eigenvalue weighted by atomic mass is 35.5. The van der Waals surface area contributed by atoms with Crippen molar-refractivity contribution in [3.8, 4) is 0 Å². The zero-order valence-electron chi connectivity index (χ0n) is 15.8. The van der Waals surface area contributed by atoms with E-state index in [1.54, 1.807) is 42.5 Å². The van der Waals surface area contributed by atoms with Gasteiger partial charge in [-0.05, 0) is 54.7 Å². The highest BCUT2D eigenvalue weighted by Gasteiger charge is 2.59. The van der Waals surface area contributed by atoms with Crippen molar-refractivity contribution in [2.75, 3.05) is 4.90 Å². The first kappa shape index (κ1) is 19.3. The number of benzene rings is 2. The minimum atomic E-state index is -0.546. The van der Waals surface area contributed by atoms with Crippen molar-refractivity contribution in [3.63, 3.8) is 0 Å². The summed E-state index contributed by atoms with van der Waals surface area (Å²) < 4.78 is 5.32. The average Bonchev–Trinajstić information content (AvgIpc) is 3.41. The Morgan fingerprint density at radius 2 is 1.50 bits per heavy atom. The molecule has 3 aliphatic rings. The third kappa shape index (κ3) is 2.96. The molecular weight excluding hydrogens is 425 g/mol. The second kappa shape index (κ2) is 7.25. The van der Waals surface area contributed by atoms with Crippen LogP contribution in [0.2, 0.25) is 10.0 Å². The molecule has 0 aromatic heterocycles. The molecule has 2 aromatic rings. The van der Waals surface area contributed by atoms with Crippen molar-refractivity contribution in [3.05, 3.63) is 75.8 Å². The molecule has 5 nitrogen and oxygen atoms in total. The number of amides is 2. The molecule has 1 heterocycles. The maximum Gasteiger partial charge on any atom is 0.338 e. The predicted octanol–water partition coefficient (Wildman–Crippen LogP) is 4.66. The molecule has 4 atom stereocenters. The Labute approximate surface area is 183 Å². The second-order valence-corrected chi connectivity index (χ2v) is 8.65. The van der Waals surface area contributed by atoms with Gasteiger partial charge < -0.3 is 4.74 Å². The quantitative estimate of drug-likeness (QED) is 0.393. The Hall–Kier alpha value is -2.63. The van der Waals surface area contributed by atoms with Crippen molar-refractivity contribution < 1.29 is 19.1 Å². The van der Waals surface area contributed by atoms with Crippen LogP contribution in [-0.2, 0) is 20.9 Å². The van der Waals surface area contributed by atoms with Crippen molar-refractivity contribution in [1.29, 1.82) is 0 Å². The summed E-state index contributed by atoms with van der Waals surface area (Å²) >= 11 is 12.2. The van der Waals surface area contributed by atoms with Crippen LogP contribution in [0.1, 0.15) is 22.3 Å². The maximum atomic E-state index is 12.9. The first-order valence-corrected chi connectivity index (χ1v) is 10.5. The van der Waals surface area contributed by atoms with E-state index in [0.717, 1.165) is 6.42 Å². The number of anilines is 1. The number of carbonyl (C=O) groups is 3. The summed E-state index contributed by atoms with van der Waals surface area (Å²) in [6.45, 7) is -0.0542. The van der Waals surface area contributed by atoms with Crippen LogP contribution < -0.4 is 4.90 Å². The van der Waals surface area contributed by atoms with Crippen LogP contribution >= 0.6 is 23.2 Å². The SMILES string of the molecule is O=C(OCc1c(Cl)cccc1Cl)c1ccc(N2C(=O)[C@@H]3[C@H](C2=O)[C@@H]2C=C[C@H]3C2)cc1. The lowest BCUT2D eigenvalue weighted by atomic mass is 9.85. The van der Waals surface area contributed by atoms with E-state index < -0.39 is 5.97 Å². The fourth-order valence-electron chi connectivity index (χ4n) is 4.79. The second-order valence-electron chi connectivity index (χ2n) is 7.83. The van der Waals surface area contributed by atoms with Gasteiger partial charge in [-0.2, -0.15) is 0 Å². The van der Waals surface area contributed by atoms with Gasteiger partial charge in [0, 0.05) is 15.6 Å². The molecule has 0 spiro atoms. The molecular formula is C23H17Cl2NO4. The Kier molecular flexibility index (Phi) is 4.68. The fourth-order valence-corrected chi connectivity index (χ4v) is 5.30. The third-order valence-corrected chi connectivity index (χ3v) is 6.95. The number of rotatable bonds is 4. The van der Waals surface area contributed by atoms with Gasteiger partial charge in [0.15, 0.2) is 0 Å². The van der Waals surface area contributed by atoms with E-state index >= 15 is 0 Å². The molecule has 1 saturated heterocycles. The smallest absolute Gasteiger partial charge is 0.338 e. The van der Waals surface area contributed by atoms with Crippen LogP contribution in [0.5, 0.6) is 0 Å². The molecule has 2 aliphatic carbocycles. The monoisotopic (exact) mass is 441 g/mol. The van der Waals surface area contributed by atoms with E-state index in [2.05, 4.69) is 12.2 Å². The van der Waals surface area contributed by atoms with E-state index in [9.17, 15) is 14.4 Å². The topological polar surface area (TPSA) is 63.7 Å². The van der Waals surface area contributed by atoms with Crippen molar-refractivity contribution in [1.82, 2.24) is 0 Å². The number of hydrogen-bond acceptors (Lipinski definition) is 4. The van der Waals surface area contributed by atoms with Gasteiger partial charge in [0.2, 0.25) is 11.8 Å². The van der Waals surface area contributed by atoms with Crippen molar-refractivity contribution in [2.24, 2.45) is 23.7 Å². The van der Waals surface area contributed by atoms with Gasteiger partial charge in [0.25, 0.3) is 0 Å². The Bertz CT molecular complexity index is 1040. The maximum absolute atomic E-state index is 12.9. The lowest BCUT2D eigenvalue weighted by Gasteiger charge is -2.17. The number of ether oxygens (including phenoxy) is 1. The van der Waals surface area contributed by atoms with E-state index in [1.165, 1.54) is 4.90 Å². The molecule has 7 heteroatoms. The number of esters is 1. The van der Waals surface area contributed by atoms with Crippen LogP contribution in [0.3, 0.4) is 0 Å². The van der Waals surface area contributed by atoms with Gasteiger partial charge in [-0.1, -0.05) is 41.4 Å². The Morgan fingerprint density at radius 1 is 0.933 bits per heavy atom. The molecule has 0 unspecified atom stereocenters. The van der Waals surface area contributed by atoms with Crippen LogP contribution in [0.15, 0.2) is 54.6 Å². The minimum absolute atomic E-state index is 0.0542. The highest BCUT2D eigenvalue weighted by Crippen LogP contribution is 2.53. The van der Waals surface area contributed by atoms with Gasteiger partial charge in [-0.25, -0.2) is 4.79 Å². The third-order valence-electron chi connectivity index (χ3n) is 6.24.